The van der Waals surface area contributed by atoms with Crippen LogP contribution in [0, 0.1) is 0 Å². The Morgan fingerprint density at radius 2 is 1.81 bits per heavy atom. The normalized spacial score (nSPS) is 10.4. The van der Waals surface area contributed by atoms with Crippen molar-refractivity contribution in [2.75, 3.05) is 17.7 Å². The van der Waals surface area contributed by atoms with Gasteiger partial charge in [-0.2, -0.15) is 0 Å². The lowest BCUT2D eigenvalue weighted by atomic mass is 10.2. The Morgan fingerprint density at radius 3 is 2.43 bits per heavy atom. The summed E-state index contributed by atoms with van der Waals surface area (Å²) in [6, 6.07) is 7.98. The minimum atomic E-state index is -0.526. The summed E-state index contributed by atoms with van der Waals surface area (Å²) in [4.78, 5) is 37.1. The molecule has 1 aromatic heterocycles. The molecule has 0 spiro atoms. The monoisotopic (exact) mass is 288 g/mol. The number of carbonyl (C=O) groups is 1. The van der Waals surface area contributed by atoms with E-state index in [2.05, 4.69) is 0 Å². The van der Waals surface area contributed by atoms with Crippen LogP contribution >= 0.6 is 0 Å². The third-order valence-electron chi connectivity index (χ3n) is 3.19. The largest absolute Gasteiger partial charge is 0.399 e. The van der Waals surface area contributed by atoms with Gasteiger partial charge in [0, 0.05) is 37.7 Å². The van der Waals surface area contributed by atoms with Gasteiger partial charge in [0.05, 0.1) is 0 Å². The van der Waals surface area contributed by atoms with Crippen molar-refractivity contribution in [2.45, 2.75) is 6.54 Å². The topological polar surface area (TPSA) is 90.3 Å². The van der Waals surface area contributed by atoms with Gasteiger partial charge in [0.25, 0.3) is 5.56 Å². The zero-order chi connectivity index (χ0) is 15.6. The maximum atomic E-state index is 12.2. The minimum Gasteiger partial charge on any atom is -0.399 e. The number of nitrogens with zero attached hydrogens (tertiary/aromatic N) is 3. The first-order chi connectivity index (χ1) is 9.90. The Balaban J connectivity index is 2.26. The second-order valence-corrected chi connectivity index (χ2v) is 4.68. The van der Waals surface area contributed by atoms with Gasteiger partial charge in [0.1, 0.15) is 6.54 Å². The van der Waals surface area contributed by atoms with Crippen LogP contribution in [0.25, 0.3) is 0 Å². The molecule has 0 saturated heterocycles. The number of benzene rings is 1. The van der Waals surface area contributed by atoms with Crippen LogP contribution in [0.4, 0.5) is 11.4 Å². The molecule has 1 aromatic carbocycles. The highest BCUT2D eigenvalue weighted by molar-refractivity contribution is 5.92. The van der Waals surface area contributed by atoms with Gasteiger partial charge in [-0.25, -0.2) is 4.79 Å². The van der Waals surface area contributed by atoms with E-state index < -0.39 is 11.2 Å². The van der Waals surface area contributed by atoms with Crippen LogP contribution < -0.4 is 21.9 Å². The summed E-state index contributed by atoms with van der Waals surface area (Å²) in [6.45, 7) is -0.312. The summed E-state index contributed by atoms with van der Waals surface area (Å²) in [5.74, 6) is -0.370. The summed E-state index contributed by atoms with van der Waals surface area (Å²) in [5, 5.41) is 0. The van der Waals surface area contributed by atoms with Crippen LogP contribution in [0.1, 0.15) is 0 Å². The van der Waals surface area contributed by atoms with Crippen LogP contribution in [0.15, 0.2) is 46.1 Å². The quantitative estimate of drug-likeness (QED) is 0.791. The van der Waals surface area contributed by atoms with E-state index in [0.29, 0.717) is 11.4 Å². The standard InChI is InChI=1S/C14H16N4O3/c1-16-8-7-12(19)18(14(16)21)9-13(20)17(2)11-5-3-10(15)4-6-11/h3-8H,9,15H2,1-2H3. The first kappa shape index (κ1) is 14.6. The average molecular weight is 288 g/mol. The number of amides is 1. The molecule has 0 fully saturated rings. The van der Waals surface area contributed by atoms with Gasteiger partial charge in [-0.15, -0.1) is 0 Å². The van der Waals surface area contributed by atoms with Crippen molar-refractivity contribution in [3.63, 3.8) is 0 Å². The molecule has 7 heteroatoms. The predicted molar refractivity (Wildman–Crippen MR) is 80.2 cm³/mol. The lowest BCUT2D eigenvalue weighted by Gasteiger charge is -2.18. The number of hydrogen-bond acceptors (Lipinski definition) is 4. The molecule has 0 aliphatic heterocycles. The van der Waals surface area contributed by atoms with Gasteiger partial charge in [-0.05, 0) is 24.3 Å². The molecule has 0 radical (unpaired) electrons. The van der Waals surface area contributed by atoms with Crippen LogP contribution in [-0.2, 0) is 18.4 Å². The van der Waals surface area contributed by atoms with Crippen LogP contribution in [0.2, 0.25) is 0 Å². The fraction of sp³-hybridized carbons (Fsp3) is 0.214. The van der Waals surface area contributed by atoms with Crippen molar-refractivity contribution in [2.24, 2.45) is 7.05 Å². The fourth-order valence-corrected chi connectivity index (χ4v) is 1.84. The average Bonchev–Trinajstić information content (AvgIpc) is 2.47. The molecule has 0 aliphatic rings. The van der Waals surface area contributed by atoms with Gasteiger partial charge >= 0.3 is 5.69 Å². The van der Waals surface area contributed by atoms with Crippen molar-refractivity contribution >= 4 is 17.3 Å². The van der Waals surface area contributed by atoms with E-state index in [1.165, 1.54) is 28.8 Å². The molecule has 1 heterocycles. The Hall–Kier alpha value is -2.83. The molecule has 2 aromatic rings. The number of aryl methyl sites for hydroxylation is 1. The maximum Gasteiger partial charge on any atom is 0.331 e. The van der Waals surface area contributed by atoms with Gasteiger partial charge in [-0.3, -0.25) is 14.2 Å². The third kappa shape index (κ3) is 3.02. The molecule has 0 saturated carbocycles. The van der Waals surface area contributed by atoms with E-state index in [0.717, 1.165) is 4.57 Å². The molecule has 1 amide bonds. The molecule has 2 N–H and O–H groups in total. The number of hydrogen-bond donors (Lipinski definition) is 1. The smallest absolute Gasteiger partial charge is 0.331 e. The first-order valence-electron chi connectivity index (χ1n) is 6.28. The molecule has 0 bridgehead atoms. The zero-order valence-corrected chi connectivity index (χ0v) is 11.8. The Labute approximate surface area is 120 Å². The highest BCUT2D eigenvalue weighted by Gasteiger charge is 2.14. The predicted octanol–water partition coefficient (Wildman–Crippen LogP) is -0.208. The Morgan fingerprint density at radius 1 is 1.19 bits per heavy atom. The van der Waals surface area contributed by atoms with Crippen molar-refractivity contribution < 1.29 is 4.79 Å². The highest BCUT2D eigenvalue weighted by atomic mass is 16.2. The van der Waals surface area contributed by atoms with Crippen LogP contribution in [0.3, 0.4) is 0 Å². The van der Waals surface area contributed by atoms with Gasteiger partial charge < -0.3 is 15.2 Å². The molecular formula is C14H16N4O3. The Kier molecular flexibility index (Phi) is 3.93. The van der Waals surface area contributed by atoms with Gasteiger partial charge in [0.2, 0.25) is 5.91 Å². The Bertz CT molecular complexity index is 774. The summed E-state index contributed by atoms with van der Waals surface area (Å²) < 4.78 is 2.15. The number of nitrogens with two attached hydrogens (primary N) is 1. The zero-order valence-electron chi connectivity index (χ0n) is 11.8. The highest BCUT2D eigenvalue weighted by Crippen LogP contribution is 2.14. The lowest BCUT2D eigenvalue weighted by molar-refractivity contribution is -0.119. The number of aromatic nitrogens is 2. The number of likely N-dealkylation sites (N-methyl/N-ethyl adjacent to an activating group) is 1. The maximum absolute atomic E-state index is 12.2. The van der Waals surface area contributed by atoms with E-state index in [1.807, 2.05) is 0 Å². The van der Waals surface area contributed by atoms with Crippen LogP contribution in [0.5, 0.6) is 0 Å². The van der Waals surface area contributed by atoms with Crippen LogP contribution in [-0.4, -0.2) is 22.1 Å². The number of anilines is 2. The molecular weight excluding hydrogens is 272 g/mol. The molecule has 0 aliphatic carbocycles. The number of carbonyl (C=O) groups excluding carboxylic acids is 1. The molecule has 110 valence electrons. The van der Waals surface area contributed by atoms with E-state index in [9.17, 15) is 14.4 Å². The van der Waals surface area contributed by atoms with Crippen molar-refractivity contribution in [3.05, 3.63) is 57.4 Å². The lowest BCUT2D eigenvalue weighted by Crippen LogP contribution is -2.42. The van der Waals surface area contributed by atoms with Gasteiger partial charge in [0.15, 0.2) is 0 Å². The van der Waals surface area contributed by atoms with Crippen molar-refractivity contribution in [3.8, 4) is 0 Å². The van der Waals surface area contributed by atoms with Gasteiger partial charge in [-0.1, -0.05) is 0 Å². The molecule has 0 unspecified atom stereocenters. The molecule has 7 nitrogen and oxygen atoms in total. The summed E-state index contributed by atoms with van der Waals surface area (Å²) in [7, 11) is 3.10. The molecule has 21 heavy (non-hydrogen) atoms. The summed E-state index contributed by atoms with van der Waals surface area (Å²) in [5.41, 5.74) is 5.79. The number of nitrogen functional groups attached to an aromatic ring is 1. The van der Waals surface area contributed by atoms with E-state index >= 15 is 0 Å². The second-order valence-electron chi connectivity index (χ2n) is 4.68. The van der Waals surface area contributed by atoms with Crippen molar-refractivity contribution in [1.82, 2.24) is 9.13 Å². The summed E-state index contributed by atoms with van der Waals surface area (Å²) in [6.07, 6.45) is 1.37. The second kappa shape index (κ2) is 5.66. The van der Waals surface area contributed by atoms with E-state index in [-0.39, 0.29) is 12.5 Å². The SMILES string of the molecule is CN(C(=O)Cn1c(=O)ccn(C)c1=O)c1ccc(N)cc1. The third-order valence-corrected chi connectivity index (χ3v) is 3.19. The van der Waals surface area contributed by atoms with Crippen molar-refractivity contribution in [1.29, 1.82) is 0 Å². The number of rotatable bonds is 3. The first-order valence-corrected chi connectivity index (χ1v) is 6.28. The van der Waals surface area contributed by atoms with E-state index in [4.69, 9.17) is 5.73 Å². The minimum absolute atomic E-state index is 0.312. The summed E-state index contributed by atoms with van der Waals surface area (Å²) >= 11 is 0. The van der Waals surface area contributed by atoms with E-state index in [1.54, 1.807) is 31.3 Å². The fourth-order valence-electron chi connectivity index (χ4n) is 1.84. The molecule has 0 atom stereocenters. The molecule has 2 rings (SSSR count).